The third kappa shape index (κ3) is 1.37. The van der Waals surface area contributed by atoms with E-state index in [2.05, 4.69) is 0 Å². The van der Waals surface area contributed by atoms with Crippen LogP contribution in [0.3, 0.4) is 0 Å². The van der Waals surface area contributed by atoms with Crippen molar-refractivity contribution in [1.82, 2.24) is 0 Å². The molecule has 14 heavy (non-hydrogen) atoms. The summed E-state index contributed by atoms with van der Waals surface area (Å²) >= 11 is 0. The summed E-state index contributed by atoms with van der Waals surface area (Å²) in [7, 11) is 0. The van der Waals surface area contributed by atoms with Crippen LogP contribution in [0.5, 0.6) is 11.5 Å². The van der Waals surface area contributed by atoms with E-state index in [-0.39, 0.29) is 18.1 Å². The molecule has 0 amide bonds. The number of anilines is 1. The summed E-state index contributed by atoms with van der Waals surface area (Å²) in [6, 6.07) is 3.13. The Bertz CT molecular complexity index is 351. The summed E-state index contributed by atoms with van der Waals surface area (Å²) in [5, 5.41) is 27.4. The number of hydrogen-bond acceptors (Lipinski definition) is 4. The van der Waals surface area contributed by atoms with Gasteiger partial charge in [0.15, 0.2) is 11.5 Å². The minimum absolute atomic E-state index is 0.0744. The van der Waals surface area contributed by atoms with Crippen LogP contribution in [-0.2, 0) is 6.42 Å². The van der Waals surface area contributed by atoms with Crippen LogP contribution in [0.4, 0.5) is 5.69 Å². The van der Waals surface area contributed by atoms with Gasteiger partial charge in [0.25, 0.3) is 0 Å². The maximum Gasteiger partial charge on any atom is 0.159 e. The molecular weight excluding hydrogens is 182 g/mol. The summed E-state index contributed by atoms with van der Waals surface area (Å²) in [4.78, 5) is 1.99. The van der Waals surface area contributed by atoms with Gasteiger partial charge in [-0.05, 0) is 18.1 Å². The lowest BCUT2D eigenvalue weighted by Gasteiger charge is -2.17. The summed E-state index contributed by atoms with van der Waals surface area (Å²) < 4.78 is 0. The Labute approximate surface area is 82.0 Å². The standard InChI is InChI=1S/C10H13NO3/c12-4-3-11-2-1-7-5-9(13)10(14)6-8(7)11/h5-6,12-14H,1-4H2. The van der Waals surface area contributed by atoms with E-state index in [0.29, 0.717) is 6.54 Å². The van der Waals surface area contributed by atoms with Crippen molar-refractivity contribution in [1.29, 1.82) is 0 Å². The van der Waals surface area contributed by atoms with Crippen LogP contribution in [0.2, 0.25) is 0 Å². The van der Waals surface area contributed by atoms with Crippen molar-refractivity contribution in [3.8, 4) is 11.5 Å². The van der Waals surface area contributed by atoms with Crippen LogP contribution in [0.1, 0.15) is 5.56 Å². The molecule has 76 valence electrons. The van der Waals surface area contributed by atoms with Crippen LogP contribution < -0.4 is 4.90 Å². The van der Waals surface area contributed by atoms with Crippen LogP contribution in [0.25, 0.3) is 0 Å². The van der Waals surface area contributed by atoms with Gasteiger partial charge < -0.3 is 20.2 Å². The third-order valence-corrected chi connectivity index (χ3v) is 2.54. The molecule has 0 saturated carbocycles. The van der Waals surface area contributed by atoms with Gasteiger partial charge in [-0.1, -0.05) is 0 Å². The van der Waals surface area contributed by atoms with Crippen LogP contribution in [0, 0.1) is 0 Å². The molecule has 1 aliphatic rings. The molecule has 1 aromatic rings. The van der Waals surface area contributed by atoms with Crippen molar-refractivity contribution in [2.45, 2.75) is 6.42 Å². The van der Waals surface area contributed by atoms with Gasteiger partial charge in [0.05, 0.1) is 6.61 Å². The highest BCUT2D eigenvalue weighted by Gasteiger charge is 2.20. The summed E-state index contributed by atoms with van der Waals surface area (Å²) in [6.45, 7) is 1.50. The second-order valence-electron chi connectivity index (χ2n) is 3.43. The molecule has 0 spiro atoms. The molecule has 0 aliphatic carbocycles. The van der Waals surface area contributed by atoms with E-state index in [9.17, 15) is 10.2 Å². The number of nitrogens with zero attached hydrogens (tertiary/aromatic N) is 1. The first kappa shape index (κ1) is 9.15. The Morgan fingerprint density at radius 1 is 1.21 bits per heavy atom. The second kappa shape index (κ2) is 3.38. The van der Waals surface area contributed by atoms with Gasteiger partial charge in [-0.3, -0.25) is 0 Å². The number of rotatable bonds is 2. The molecule has 4 nitrogen and oxygen atoms in total. The minimum Gasteiger partial charge on any atom is -0.504 e. The fourth-order valence-electron chi connectivity index (χ4n) is 1.83. The quantitative estimate of drug-likeness (QED) is 0.600. The van der Waals surface area contributed by atoms with Gasteiger partial charge in [0.2, 0.25) is 0 Å². The van der Waals surface area contributed by atoms with Crippen molar-refractivity contribution < 1.29 is 15.3 Å². The maximum atomic E-state index is 9.33. The van der Waals surface area contributed by atoms with Crippen molar-refractivity contribution in [3.63, 3.8) is 0 Å². The van der Waals surface area contributed by atoms with Crippen LogP contribution in [0.15, 0.2) is 12.1 Å². The Morgan fingerprint density at radius 3 is 2.64 bits per heavy atom. The highest BCUT2D eigenvalue weighted by Crippen LogP contribution is 2.36. The van der Waals surface area contributed by atoms with E-state index in [0.717, 1.165) is 24.2 Å². The fraction of sp³-hybridized carbons (Fsp3) is 0.400. The number of phenols is 2. The summed E-state index contributed by atoms with van der Waals surface area (Å²) in [6.07, 6.45) is 0.850. The first-order valence-electron chi connectivity index (χ1n) is 4.63. The molecular formula is C10H13NO3. The Balaban J connectivity index is 2.35. The first-order chi connectivity index (χ1) is 6.72. The lowest BCUT2D eigenvalue weighted by atomic mass is 10.1. The molecule has 1 aromatic carbocycles. The third-order valence-electron chi connectivity index (χ3n) is 2.54. The number of benzene rings is 1. The predicted octanol–water partition coefficient (Wildman–Crippen LogP) is 0.453. The Kier molecular flexibility index (Phi) is 2.21. The van der Waals surface area contributed by atoms with E-state index in [1.54, 1.807) is 12.1 Å². The smallest absolute Gasteiger partial charge is 0.159 e. The van der Waals surface area contributed by atoms with E-state index in [1.807, 2.05) is 4.90 Å². The molecule has 1 heterocycles. The van der Waals surface area contributed by atoms with Gasteiger partial charge in [-0.25, -0.2) is 0 Å². The monoisotopic (exact) mass is 195 g/mol. The number of hydrogen-bond donors (Lipinski definition) is 3. The number of aromatic hydroxyl groups is 2. The molecule has 4 heteroatoms. The largest absolute Gasteiger partial charge is 0.504 e. The average molecular weight is 195 g/mol. The molecule has 0 aromatic heterocycles. The van der Waals surface area contributed by atoms with Gasteiger partial charge >= 0.3 is 0 Å². The molecule has 1 aliphatic heterocycles. The zero-order valence-electron chi connectivity index (χ0n) is 7.77. The number of β-amino-alcohol motifs (C(OH)–C–C–N with tert-alkyl or cyclic N) is 1. The zero-order valence-corrected chi connectivity index (χ0v) is 7.77. The van der Waals surface area contributed by atoms with Crippen molar-refractivity contribution in [3.05, 3.63) is 17.7 Å². The van der Waals surface area contributed by atoms with Gasteiger partial charge in [-0.2, -0.15) is 0 Å². The summed E-state index contributed by atoms with van der Waals surface area (Å²) in [5.74, 6) is -0.178. The first-order valence-corrected chi connectivity index (χ1v) is 4.63. The lowest BCUT2D eigenvalue weighted by Crippen LogP contribution is -2.23. The van der Waals surface area contributed by atoms with Crippen molar-refractivity contribution >= 4 is 5.69 Å². The molecule has 0 atom stereocenters. The highest BCUT2D eigenvalue weighted by atomic mass is 16.3. The molecule has 0 fully saturated rings. The van der Waals surface area contributed by atoms with Gasteiger partial charge in [-0.15, -0.1) is 0 Å². The van der Waals surface area contributed by atoms with Gasteiger partial charge in [0.1, 0.15) is 0 Å². The van der Waals surface area contributed by atoms with Crippen molar-refractivity contribution in [2.75, 3.05) is 24.6 Å². The lowest BCUT2D eigenvalue weighted by molar-refractivity contribution is 0.302. The number of aliphatic hydroxyl groups excluding tert-OH is 1. The molecule has 0 saturated heterocycles. The zero-order chi connectivity index (χ0) is 10.1. The van der Waals surface area contributed by atoms with Crippen LogP contribution in [-0.4, -0.2) is 35.0 Å². The van der Waals surface area contributed by atoms with E-state index in [4.69, 9.17) is 5.11 Å². The topological polar surface area (TPSA) is 63.9 Å². The van der Waals surface area contributed by atoms with E-state index >= 15 is 0 Å². The second-order valence-corrected chi connectivity index (χ2v) is 3.43. The Hall–Kier alpha value is -1.42. The molecule has 0 unspecified atom stereocenters. The van der Waals surface area contributed by atoms with E-state index in [1.165, 1.54) is 0 Å². The van der Waals surface area contributed by atoms with Crippen molar-refractivity contribution in [2.24, 2.45) is 0 Å². The number of fused-ring (bicyclic) bond motifs is 1. The SMILES string of the molecule is OCCN1CCc2cc(O)c(O)cc21. The molecule has 0 bridgehead atoms. The predicted molar refractivity (Wildman–Crippen MR) is 52.8 cm³/mol. The molecule has 3 N–H and O–H groups in total. The maximum absolute atomic E-state index is 9.33. The normalized spacial score (nSPS) is 14.5. The molecule has 0 radical (unpaired) electrons. The minimum atomic E-state index is -0.103. The highest BCUT2D eigenvalue weighted by molar-refractivity contribution is 5.64. The van der Waals surface area contributed by atoms with Gasteiger partial charge in [0, 0.05) is 24.8 Å². The molecule has 2 rings (SSSR count). The number of aliphatic hydroxyl groups is 1. The van der Waals surface area contributed by atoms with Crippen LogP contribution >= 0.6 is 0 Å². The summed E-state index contributed by atoms with van der Waals surface area (Å²) in [5.41, 5.74) is 1.93. The Morgan fingerprint density at radius 2 is 1.93 bits per heavy atom. The number of phenolic OH excluding ortho intramolecular Hbond substituents is 2. The van der Waals surface area contributed by atoms with E-state index < -0.39 is 0 Å². The fourth-order valence-corrected chi connectivity index (χ4v) is 1.83. The average Bonchev–Trinajstić information content (AvgIpc) is 2.51.